The standard InChI is InChI=1S/C14H20N6/c1-9-4-16-14(18-10(9)2)20-5-11(12(15)6-20)13-7-19(3)8-17-13/h4,7-8,11-12H,5-6,15H2,1-3H3/t11-,12-/m1/s1. The van der Waals surface area contributed by atoms with Gasteiger partial charge >= 0.3 is 0 Å². The van der Waals surface area contributed by atoms with Crippen molar-refractivity contribution in [2.45, 2.75) is 25.8 Å². The second-order valence-corrected chi connectivity index (χ2v) is 5.58. The Morgan fingerprint density at radius 3 is 2.70 bits per heavy atom. The summed E-state index contributed by atoms with van der Waals surface area (Å²) in [7, 11) is 1.97. The molecule has 0 amide bonds. The molecule has 0 bridgehead atoms. The van der Waals surface area contributed by atoms with Gasteiger partial charge in [-0.15, -0.1) is 0 Å². The molecule has 1 fully saturated rings. The fourth-order valence-electron chi connectivity index (χ4n) is 2.60. The maximum Gasteiger partial charge on any atom is 0.225 e. The predicted molar refractivity (Wildman–Crippen MR) is 77.6 cm³/mol. The van der Waals surface area contributed by atoms with Gasteiger partial charge in [-0.1, -0.05) is 0 Å². The van der Waals surface area contributed by atoms with Gasteiger partial charge in [-0.05, 0) is 19.4 Å². The maximum atomic E-state index is 6.27. The molecule has 0 saturated carbocycles. The topological polar surface area (TPSA) is 72.9 Å². The average Bonchev–Trinajstić information content (AvgIpc) is 2.99. The second-order valence-electron chi connectivity index (χ2n) is 5.58. The van der Waals surface area contributed by atoms with Crippen molar-refractivity contribution in [1.82, 2.24) is 19.5 Å². The summed E-state index contributed by atoms with van der Waals surface area (Å²) in [6, 6.07) is 0.0649. The Morgan fingerprint density at radius 2 is 2.05 bits per heavy atom. The van der Waals surface area contributed by atoms with Gasteiger partial charge in [0.15, 0.2) is 0 Å². The summed E-state index contributed by atoms with van der Waals surface area (Å²) >= 11 is 0. The zero-order chi connectivity index (χ0) is 14.3. The van der Waals surface area contributed by atoms with Crippen LogP contribution in [0.1, 0.15) is 22.9 Å². The molecule has 1 aliphatic rings. The minimum Gasteiger partial charge on any atom is -0.340 e. The summed E-state index contributed by atoms with van der Waals surface area (Å²) in [5.41, 5.74) is 9.45. The van der Waals surface area contributed by atoms with Crippen molar-refractivity contribution in [2.75, 3.05) is 18.0 Å². The number of aryl methyl sites for hydroxylation is 3. The Kier molecular flexibility index (Phi) is 3.17. The summed E-state index contributed by atoms with van der Waals surface area (Å²) in [5, 5.41) is 0. The predicted octanol–water partition coefficient (Wildman–Crippen LogP) is 0.758. The van der Waals surface area contributed by atoms with Crippen molar-refractivity contribution in [3.05, 3.63) is 35.7 Å². The van der Waals surface area contributed by atoms with Gasteiger partial charge in [-0.3, -0.25) is 0 Å². The Hall–Kier alpha value is -1.95. The molecule has 3 heterocycles. The number of hydrogen-bond donors (Lipinski definition) is 1. The smallest absolute Gasteiger partial charge is 0.225 e. The molecule has 0 aromatic carbocycles. The molecule has 6 nitrogen and oxygen atoms in total. The molecule has 0 radical (unpaired) electrons. The lowest BCUT2D eigenvalue weighted by atomic mass is 10.0. The van der Waals surface area contributed by atoms with Crippen molar-refractivity contribution in [3.8, 4) is 0 Å². The first-order valence-electron chi connectivity index (χ1n) is 6.83. The van der Waals surface area contributed by atoms with Crippen molar-refractivity contribution in [2.24, 2.45) is 12.8 Å². The third-order valence-electron chi connectivity index (χ3n) is 3.96. The maximum absolute atomic E-state index is 6.27. The van der Waals surface area contributed by atoms with E-state index in [-0.39, 0.29) is 12.0 Å². The fourth-order valence-corrected chi connectivity index (χ4v) is 2.60. The van der Waals surface area contributed by atoms with Crippen LogP contribution in [-0.4, -0.2) is 38.7 Å². The third-order valence-corrected chi connectivity index (χ3v) is 3.96. The van der Waals surface area contributed by atoms with Crippen molar-refractivity contribution >= 4 is 5.95 Å². The Balaban J connectivity index is 1.82. The van der Waals surface area contributed by atoms with E-state index in [1.807, 2.05) is 44.2 Å². The van der Waals surface area contributed by atoms with Gasteiger partial charge in [0.1, 0.15) is 0 Å². The van der Waals surface area contributed by atoms with Crippen molar-refractivity contribution in [3.63, 3.8) is 0 Å². The van der Waals surface area contributed by atoms with E-state index in [4.69, 9.17) is 5.73 Å². The number of nitrogens with zero attached hydrogens (tertiary/aromatic N) is 5. The summed E-state index contributed by atoms with van der Waals surface area (Å²) < 4.78 is 1.96. The molecule has 20 heavy (non-hydrogen) atoms. The van der Waals surface area contributed by atoms with Gasteiger partial charge < -0.3 is 15.2 Å². The van der Waals surface area contributed by atoms with E-state index in [2.05, 4.69) is 19.9 Å². The molecule has 0 spiro atoms. The van der Waals surface area contributed by atoms with Crippen LogP contribution in [-0.2, 0) is 7.05 Å². The molecule has 3 rings (SSSR count). The minimum atomic E-state index is 0.0649. The normalized spacial score (nSPS) is 22.5. The van der Waals surface area contributed by atoms with Gasteiger partial charge in [0.25, 0.3) is 0 Å². The molecular formula is C14H20N6. The number of hydrogen-bond acceptors (Lipinski definition) is 5. The fraction of sp³-hybridized carbons (Fsp3) is 0.500. The monoisotopic (exact) mass is 272 g/mol. The van der Waals surface area contributed by atoms with Crippen molar-refractivity contribution in [1.29, 1.82) is 0 Å². The van der Waals surface area contributed by atoms with Crippen molar-refractivity contribution < 1.29 is 0 Å². The number of anilines is 1. The zero-order valence-corrected chi connectivity index (χ0v) is 12.1. The SMILES string of the molecule is Cc1cnc(N2C[C@@H](N)[C@H](c3cn(C)cn3)C2)nc1C. The van der Waals surface area contributed by atoms with Crippen LogP contribution in [0.4, 0.5) is 5.95 Å². The quantitative estimate of drug-likeness (QED) is 0.873. The lowest BCUT2D eigenvalue weighted by molar-refractivity contribution is 0.639. The molecule has 0 aliphatic carbocycles. The van der Waals surface area contributed by atoms with Crippen LogP contribution >= 0.6 is 0 Å². The highest BCUT2D eigenvalue weighted by atomic mass is 15.3. The number of aromatic nitrogens is 4. The van der Waals surface area contributed by atoms with Gasteiger partial charge in [-0.2, -0.15) is 0 Å². The molecule has 106 valence electrons. The summed E-state index contributed by atoms with van der Waals surface area (Å²) in [4.78, 5) is 15.6. The summed E-state index contributed by atoms with van der Waals surface area (Å²) in [6.45, 7) is 5.61. The van der Waals surface area contributed by atoms with Crippen LogP contribution in [0.15, 0.2) is 18.7 Å². The molecule has 2 N–H and O–H groups in total. The summed E-state index contributed by atoms with van der Waals surface area (Å²) in [5.74, 6) is 1.00. The largest absolute Gasteiger partial charge is 0.340 e. The molecule has 2 aromatic rings. The first kappa shape index (κ1) is 13.1. The Morgan fingerprint density at radius 1 is 1.25 bits per heavy atom. The molecule has 1 aliphatic heterocycles. The van der Waals surface area contributed by atoms with Gasteiger partial charge in [-0.25, -0.2) is 15.0 Å². The van der Waals surface area contributed by atoms with E-state index in [9.17, 15) is 0 Å². The van der Waals surface area contributed by atoms with E-state index in [0.29, 0.717) is 0 Å². The molecular weight excluding hydrogens is 252 g/mol. The molecule has 6 heteroatoms. The van der Waals surface area contributed by atoms with Crippen LogP contribution in [0, 0.1) is 13.8 Å². The first-order chi connectivity index (χ1) is 9.54. The first-order valence-corrected chi connectivity index (χ1v) is 6.83. The molecule has 2 aromatic heterocycles. The van der Waals surface area contributed by atoms with Crippen LogP contribution in [0.2, 0.25) is 0 Å². The average molecular weight is 272 g/mol. The van der Waals surface area contributed by atoms with E-state index in [0.717, 1.165) is 36.0 Å². The minimum absolute atomic E-state index is 0.0649. The highest BCUT2D eigenvalue weighted by molar-refractivity contribution is 5.37. The van der Waals surface area contributed by atoms with Crippen LogP contribution < -0.4 is 10.6 Å². The van der Waals surface area contributed by atoms with E-state index < -0.39 is 0 Å². The molecule has 2 atom stereocenters. The van der Waals surface area contributed by atoms with E-state index in [1.54, 1.807) is 0 Å². The van der Waals surface area contributed by atoms with E-state index >= 15 is 0 Å². The lowest BCUT2D eigenvalue weighted by Gasteiger charge is -2.16. The Bertz CT molecular complexity index is 620. The number of rotatable bonds is 2. The van der Waals surface area contributed by atoms with Crippen LogP contribution in [0.5, 0.6) is 0 Å². The highest BCUT2D eigenvalue weighted by Crippen LogP contribution is 2.27. The number of imidazole rings is 1. The lowest BCUT2D eigenvalue weighted by Crippen LogP contribution is -2.29. The van der Waals surface area contributed by atoms with Gasteiger partial charge in [0.2, 0.25) is 5.95 Å². The third kappa shape index (κ3) is 2.27. The molecule has 1 saturated heterocycles. The van der Waals surface area contributed by atoms with E-state index in [1.165, 1.54) is 0 Å². The van der Waals surface area contributed by atoms with Crippen LogP contribution in [0.25, 0.3) is 0 Å². The second kappa shape index (κ2) is 4.86. The molecule has 0 unspecified atom stereocenters. The Labute approximate surface area is 118 Å². The highest BCUT2D eigenvalue weighted by Gasteiger charge is 2.34. The van der Waals surface area contributed by atoms with Crippen LogP contribution in [0.3, 0.4) is 0 Å². The zero-order valence-electron chi connectivity index (χ0n) is 12.1. The summed E-state index contributed by atoms with van der Waals surface area (Å²) in [6.07, 6.45) is 5.73. The van der Waals surface area contributed by atoms with Gasteiger partial charge in [0, 0.05) is 50.2 Å². The van der Waals surface area contributed by atoms with Gasteiger partial charge in [0.05, 0.1) is 12.0 Å². The number of nitrogens with two attached hydrogens (primary N) is 1.